The van der Waals surface area contributed by atoms with Crippen molar-refractivity contribution in [2.45, 2.75) is 13.5 Å². The molecular formula is C19H19ClFN3O2. The molecule has 5 nitrogen and oxygen atoms in total. The summed E-state index contributed by atoms with van der Waals surface area (Å²) in [4.78, 5) is 0. The molecular weight excluding hydrogens is 357 g/mol. The smallest absolute Gasteiger partial charge is 0.179 e. The molecule has 0 aliphatic carbocycles. The van der Waals surface area contributed by atoms with E-state index in [9.17, 15) is 4.39 Å². The van der Waals surface area contributed by atoms with Crippen molar-refractivity contribution in [2.24, 2.45) is 0 Å². The minimum atomic E-state index is -0.322. The van der Waals surface area contributed by atoms with Gasteiger partial charge in [-0.2, -0.15) is 5.10 Å². The number of ether oxygens (including phenoxy) is 2. The fourth-order valence-electron chi connectivity index (χ4n) is 2.72. The molecule has 1 N–H and O–H groups in total. The van der Waals surface area contributed by atoms with Crippen LogP contribution in [0.2, 0.25) is 5.02 Å². The molecule has 1 aromatic heterocycles. The number of halogens is 2. The molecule has 0 saturated carbocycles. The van der Waals surface area contributed by atoms with Crippen LogP contribution in [0.4, 0.5) is 10.1 Å². The monoisotopic (exact) mass is 375 g/mol. The third-order valence-corrected chi connectivity index (χ3v) is 4.35. The summed E-state index contributed by atoms with van der Waals surface area (Å²) in [6, 6.07) is 10.2. The number of hydrogen-bond acceptors (Lipinski definition) is 4. The molecule has 0 fully saturated rings. The Labute approximate surface area is 156 Å². The lowest BCUT2D eigenvalue weighted by Crippen LogP contribution is -2.04. The maximum atomic E-state index is 14.0. The van der Waals surface area contributed by atoms with E-state index in [-0.39, 0.29) is 5.82 Å². The first-order chi connectivity index (χ1) is 12.5. The minimum Gasteiger partial charge on any atom is -0.493 e. The number of para-hydroxylation sites is 1. The summed E-state index contributed by atoms with van der Waals surface area (Å²) < 4.78 is 26.1. The van der Waals surface area contributed by atoms with Crippen molar-refractivity contribution >= 4 is 17.3 Å². The van der Waals surface area contributed by atoms with E-state index in [2.05, 4.69) is 10.4 Å². The molecule has 0 aliphatic rings. The zero-order valence-corrected chi connectivity index (χ0v) is 15.5. The fourth-order valence-corrected chi connectivity index (χ4v) is 3.03. The van der Waals surface area contributed by atoms with Gasteiger partial charge < -0.3 is 14.8 Å². The Bertz CT molecular complexity index is 927. The van der Waals surface area contributed by atoms with E-state index in [1.54, 1.807) is 43.3 Å². The molecule has 2 aromatic carbocycles. The third kappa shape index (κ3) is 3.46. The van der Waals surface area contributed by atoms with Crippen molar-refractivity contribution in [3.63, 3.8) is 0 Å². The van der Waals surface area contributed by atoms with Gasteiger partial charge in [-0.3, -0.25) is 0 Å². The number of aromatic nitrogens is 2. The molecule has 26 heavy (non-hydrogen) atoms. The lowest BCUT2D eigenvalue weighted by molar-refractivity contribution is 0.355. The Kier molecular flexibility index (Phi) is 5.32. The van der Waals surface area contributed by atoms with Crippen LogP contribution in [0, 0.1) is 12.7 Å². The first-order valence-corrected chi connectivity index (χ1v) is 8.36. The second-order valence-corrected chi connectivity index (χ2v) is 6.08. The van der Waals surface area contributed by atoms with Gasteiger partial charge in [-0.15, -0.1) is 0 Å². The Morgan fingerprint density at radius 1 is 1.19 bits per heavy atom. The van der Waals surface area contributed by atoms with Crippen molar-refractivity contribution in [1.82, 2.24) is 9.78 Å². The summed E-state index contributed by atoms with van der Waals surface area (Å²) in [7, 11) is 3.11. The highest BCUT2D eigenvalue weighted by atomic mass is 35.5. The van der Waals surface area contributed by atoms with Crippen molar-refractivity contribution < 1.29 is 13.9 Å². The third-order valence-electron chi connectivity index (χ3n) is 4.07. The van der Waals surface area contributed by atoms with Crippen LogP contribution in [0.1, 0.15) is 11.3 Å². The van der Waals surface area contributed by atoms with E-state index in [0.29, 0.717) is 28.8 Å². The van der Waals surface area contributed by atoms with Gasteiger partial charge in [-0.05, 0) is 36.8 Å². The van der Waals surface area contributed by atoms with Crippen LogP contribution in [0.3, 0.4) is 0 Å². The number of hydrogen-bond donors (Lipinski definition) is 1. The number of anilines is 1. The summed E-state index contributed by atoms with van der Waals surface area (Å²) in [6.07, 6.45) is 1.67. The second-order valence-electron chi connectivity index (χ2n) is 5.67. The summed E-state index contributed by atoms with van der Waals surface area (Å²) in [5, 5.41) is 8.05. The first kappa shape index (κ1) is 18.1. The van der Waals surface area contributed by atoms with E-state index in [0.717, 1.165) is 16.9 Å². The second kappa shape index (κ2) is 7.66. The number of rotatable bonds is 6. The van der Waals surface area contributed by atoms with Crippen molar-refractivity contribution in [2.75, 3.05) is 19.5 Å². The van der Waals surface area contributed by atoms with Crippen LogP contribution >= 0.6 is 11.6 Å². The predicted octanol–water partition coefficient (Wildman–Crippen LogP) is 4.60. The van der Waals surface area contributed by atoms with Gasteiger partial charge >= 0.3 is 0 Å². The maximum absolute atomic E-state index is 14.0. The summed E-state index contributed by atoms with van der Waals surface area (Å²) in [6.45, 7) is 2.38. The number of methoxy groups -OCH3 is 2. The molecule has 3 aromatic rings. The van der Waals surface area contributed by atoms with Gasteiger partial charge in [0.1, 0.15) is 11.5 Å². The van der Waals surface area contributed by atoms with Gasteiger partial charge in [0.15, 0.2) is 11.5 Å². The average molecular weight is 376 g/mol. The predicted molar refractivity (Wildman–Crippen MR) is 100 cm³/mol. The number of nitrogens with zero attached hydrogens (tertiary/aromatic N) is 2. The van der Waals surface area contributed by atoms with E-state index >= 15 is 0 Å². The SMILES string of the molecule is COc1cc(CNc2cnn(-c3ccccc3F)c2C)cc(Cl)c1OC. The topological polar surface area (TPSA) is 48.3 Å². The highest BCUT2D eigenvalue weighted by Crippen LogP contribution is 2.36. The Hall–Kier alpha value is -2.73. The normalized spacial score (nSPS) is 10.7. The largest absolute Gasteiger partial charge is 0.493 e. The molecule has 0 spiro atoms. The van der Waals surface area contributed by atoms with Crippen LogP contribution < -0.4 is 14.8 Å². The van der Waals surface area contributed by atoms with Gasteiger partial charge in [0, 0.05) is 6.54 Å². The molecule has 0 unspecified atom stereocenters. The van der Waals surface area contributed by atoms with Gasteiger partial charge in [0.2, 0.25) is 0 Å². The highest BCUT2D eigenvalue weighted by Gasteiger charge is 2.13. The summed E-state index contributed by atoms with van der Waals surface area (Å²) >= 11 is 6.24. The Morgan fingerprint density at radius 2 is 1.96 bits per heavy atom. The Balaban J connectivity index is 1.81. The molecule has 0 bridgehead atoms. The molecule has 7 heteroatoms. The van der Waals surface area contributed by atoms with E-state index in [1.165, 1.54) is 6.07 Å². The van der Waals surface area contributed by atoms with E-state index < -0.39 is 0 Å². The maximum Gasteiger partial charge on any atom is 0.179 e. The fraction of sp³-hybridized carbons (Fsp3) is 0.211. The molecule has 0 atom stereocenters. The molecule has 0 radical (unpaired) electrons. The molecule has 136 valence electrons. The van der Waals surface area contributed by atoms with Crippen LogP contribution in [-0.2, 0) is 6.54 Å². The quantitative estimate of drug-likeness (QED) is 0.684. The number of benzene rings is 2. The molecule has 0 saturated heterocycles. The minimum absolute atomic E-state index is 0.322. The standard InChI is InChI=1S/C19H19ClFN3O2/c1-12-16(11-23-24(12)17-7-5-4-6-15(17)21)22-10-13-8-14(20)19(26-3)18(9-13)25-2/h4-9,11,22H,10H2,1-3H3. The van der Waals surface area contributed by atoms with Gasteiger partial charge in [0.25, 0.3) is 0 Å². The van der Waals surface area contributed by atoms with E-state index in [4.69, 9.17) is 21.1 Å². The Morgan fingerprint density at radius 3 is 2.65 bits per heavy atom. The molecule has 3 rings (SSSR count). The zero-order valence-electron chi connectivity index (χ0n) is 14.7. The zero-order chi connectivity index (χ0) is 18.7. The van der Waals surface area contributed by atoms with Gasteiger partial charge in [-0.25, -0.2) is 9.07 Å². The van der Waals surface area contributed by atoms with Crippen molar-refractivity contribution in [3.05, 3.63) is 64.7 Å². The van der Waals surface area contributed by atoms with Crippen LogP contribution in [-0.4, -0.2) is 24.0 Å². The lowest BCUT2D eigenvalue weighted by Gasteiger charge is -2.13. The van der Waals surface area contributed by atoms with E-state index in [1.807, 2.05) is 19.1 Å². The number of nitrogens with one attached hydrogen (secondary N) is 1. The lowest BCUT2D eigenvalue weighted by atomic mass is 10.2. The van der Waals surface area contributed by atoms with Crippen LogP contribution in [0.5, 0.6) is 11.5 Å². The molecule has 0 amide bonds. The molecule has 0 aliphatic heterocycles. The summed E-state index contributed by atoms with van der Waals surface area (Å²) in [5.74, 6) is 0.744. The van der Waals surface area contributed by atoms with Crippen LogP contribution in [0.25, 0.3) is 5.69 Å². The van der Waals surface area contributed by atoms with Crippen molar-refractivity contribution in [3.8, 4) is 17.2 Å². The van der Waals surface area contributed by atoms with Gasteiger partial charge in [-0.1, -0.05) is 23.7 Å². The average Bonchev–Trinajstić information content (AvgIpc) is 3.00. The highest BCUT2D eigenvalue weighted by molar-refractivity contribution is 6.32. The van der Waals surface area contributed by atoms with Crippen molar-refractivity contribution in [1.29, 1.82) is 0 Å². The summed E-state index contributed by atoms with van der Waals surface area (Å²) in [5.41, 5.74) is 2.94. The first-order valence-electron chi connectivity index (χ1n) is 7.99. The molecule has 1 heterocycles. The van der Waals surface area contributed by atoms with Gasteiger partial charge in [0.05, 0.1) is 36.8 Å². The van der Waals surface area contributed by atoms with Crippen LogP contribution in [0.15, 0.2) is 42.6 Å².